The molecule has 0 aliphatic carbocycles. The maximum atomic E-state index is 11.8. The van der Waals surface area contributed by atoms with Crippen LogP contribution in [-0.2, 0) is 10.0 Å². The van der Waals surface area contributed by atoms with Crippen LogP contribution in [0.1, 0.15) is 22.8 Å². The van der Waals surface area contributed by atoms with E-state index in [2.05, 4.69) is 16.0 Å². The summed E-state index contributed by atoms with van der Waals surface area (Å²) in [5.74, 6) is 1.28. The van der Waals surface area contributed by atoms with Crippen LogP contribution >= 0.6 is 11.3 Å². The lowest BCUT2D eigenvalue weighted by molar-refractivity contribution is 0.173. The van der Waals surface area contributed by atoms with E-state index < -0.39 is 10.0 Å². The Labute approximate surface area is 195 Å². The molecule has 33 heavy (non-hydrogen) atoms. The van der Waals surface area contributed by atoms with Crippen molar-refractivity contribution in [2.75, 3.05) is 13.7 Å². The molecule has 1 unspecified atom stereocenters. The van der Waals surface area contributed by atoms with E-state index in [1.165, 1.54) is 12.1 Å². The van der Waals surface area contributed by atoms with E-state index in [0.29, 0.717) is 30.3 Å². The number of sulfonamides is 1. The van der Waals surface area contributed by atoms with E-state index in [1.54, 1.807) is 43.1 Å². The van der Waals surface area contributed by atoms with Crippen molar-refractivity contribution in [1.82, 2.24) is 9.97 Å². The number of primary sulfonamides is 1. The number of nitrogens with zero attached hydrogens (tertiary/aromatic N) is 2. The smallest absolute Gasteiger partial charge is 0.238 e. The number of nitrogens with two attached hydrogens (primary N) is 1. The van der Waals surface area contributed by atoms with E-state index in [9.17, 15) is 8.42 Å². The van der Waals surface area contributed by atoms with Crippen LogP contribution in [0.3, 0.4) is 0 Å². The van der Waals surface area contributed by atoms with Crippen LogP contribution in [-0.4, -0.2) is 38.2 Å². The van der Waals surface area contributed by atoms with Gasteiger partial charge in [-0.1, -0.05) is 6.07 Å². The second kappa shape index (κ2) is 8.62. The number of benzene rings is 1. The van der Waals surface area contributed by atoms with Crippen molar-refractivity contribution < 1.29 is 22.6 Å². The lowest BCUT2D eigenvalue weighted by atomic mass is 9.89. The van der Waals surface area contributed by atoms with Gasteiger partial charge in [0, 0.05) is 40.7 Å². The standard InChI is InChI=1S/C23H21N3O5S2/c1-29-20-13-25-9-6-16(20)22(21-11-14-3-2-8-26-23(14)32-21)18-7-10-30-19-12-15(33(24,27)28)4-5-17(19)31-18/h2-6,8-9,11-13,18,22H,7,10H2,1H3,(H2,24,27,28)/t18?,22-/m1/s1. The molecule has 0 fully saturated rings. The topological polar surface area (TPSA) is 114 Å². The van der Waals surface area contributed by atoms with Crippen LogP contribution in [0, 0.1) is 0 Å². The molecule has 0 saturated heterocycles. The lowest BCUT2D eigenvalue weighted by Gasteiger charge is -2.27. The average molecular weight is 484 g/mol. The first-order valence-corrected chi connectivity index (χ1v) is 12.6. The zero-order chi connectivity index (χ0) is 23.0. The minimum atomic E-state index is -3.85. The Kier molecular flexibility index (Phi) is 5.65. The predicted molar refractivity (Wildman–Crippen MR) is 125 cm³/mol. The summed E-state index contributed by atoms with van der Waals surface area (Å²) in [6.45, 7) is 0.346. The van der Waals surface area contributed by atoms with Gasteiger partial charge in [0.15, 0.2) is 11.5 Å². The summed E-state index contributed by atoms with van der Waals surface area (Å²) in [6, 6.07) is 12.4. The molecule has 1 aromatic carbocycles. The van der Waals surface area contributed by atoms with Crippen molar-refractivity contribution in [2.24, 2.45) is 5.14 Å². The summed E-state index contributed by atoms with van der Waals surface area (Å²) in [5, 5.41) is 6.33. The fourth-order valence-corrected chi connectivity index (χ4v) is 5.72. The van der Waals surface area contributed by atoms with E-state index in [0.717, 1.165) is 20.7 Å². The molecule has 10 heteroatoms. The monoisotopic (exact) mass is 483 g/mol. The summed E-state index contributed by atoms with van der Waals surface area (Å²) in [6.07, 6.45) is 5.46. The van der Waals surface area contributed by atoms with Crippen LogP contribution in [0.2, 0.25) is 0 Å². The third-order valence-electron chi connectivity index (χ3n) is 5.54. The first-order valence-electron chi connectivity index (χ1n) is 10.2. The van der Waals surface area contributed by atoms with E-state index >= 15 is 0 Å². The fraction of sp³-hybridized carbons (Fsp3) is 0.217. The molecular weight excluding hydrogens is 462 g/mol. The highest BCUT2D eigenvalue weighted by Gasteiger charge is 2.33. The van der Waals surface area contributed by atoms with Crippen LogP contribution < -0.4 is 19.3 Å². The van der Waals surface area contributed by atoms with Gasteiger partial charge in [-0.15, -0.1) is 11.3 Å². The molecular formula is C23H21N3O5S2. The molecule has 0 saturated carbocycles. The molecule has 2 N–H and O–H groups in total. The Morgan fingerprint density at radius 2 is 2.06 bits per heavy atom. The fourth-order valence-electron chi connectivity index (χ4n) is 4.02. The van der Waals surface area contributed by atoms with Crippen LogP contribution in [0.5, 0.6) is 17.2 Å². The Morgan fingerprint density at radius 1 is 1.18 bits per heavy atom. The Balaban J connectivity index is 1.61. The Bertz CT molecular complexity index is 1390. The quantitative estimate of drug-likeness (QED) is 0.460. The van der Waals surface area contributed by atoms with Crippen molar-refractivity contribution >= 4 is 31.6 Å². The van der Waals surface area contributed by atoms with Crippen molar-refractivity contribution in [3.05, 3.63) is 71.5 Å². The average Bonchev–Trinajstić information content (AvgIpc) is 3.11. The van der Waals surface area contributed by atoms with Crippen molar-refractivity contribution in [2.45, 2.75) is 23.3 Å². The normalized spacial score (nSPS) is 16.8. The molecule has 3 aromatic heterocycles. The van der Waals surface area contributed by atoms with Gasteiger partial charge < -0.3 is 14.2 Å². The number of ether oxygens (including phenoxy) is 3. The van der Waals surface area contributed by atoms with Crippen LogP contribution in [0.25, 0.3) is 10.2 Å². The number of hydrogen-bond acceptors (Lipinski definition) is 8. The number of fused-ring (bicyclic) bond motifs is 2. The molecule has 1 aliphatic rings. The van der Waals surface area contributed by atoms with Crippen molar-refractivity contribution in [3.8, 4) is 17.2 Å². The van der Waals surface area contributed by atoms with Gasteiger partial charge in [-0.2, -0.15) is 0 Å². The zero-order valence-corrected chi connectivity index (χ0v) is 19.3. The summed E-state index contributed by atoms with van der Waals surface area (Å²) >= 11 is 1.60. The predicted octanol–water partition coefficient (Wildman–Crippen LogP) is 3.71. The minimum absolute atomic E-state index is 0.0220. The molecule has 0 spiro atoms. The third kappa shape index (κ3) is 4.24. The maximum absolute atomic E-state index is 11.8. The van der Waals surface area contributed by atoms with Crippen molar-refractivity contribution in [3.63, 3.8) is 0 Å². The van der Waals surface area contributed by atoms with E-state index in [-0.39, 0.29) is 16.9 Å². The SMILES string of the molecule is COc1cnccc1[C@@H](c1cc2cccnc2s1)C1CCOc2cc(S(N)(=O)=O)ccc2O1. The minimum Gasteiger partial charge on any atom is -0.495 e. The highest BCUT2D eigenvalue weighted by atomic mass is 32.2. The van der Waals surface area contributed by atoms with E-state index in [4.69, 9.17) is 19.3 Å². The molecule has 0 bridgehead atoms. The second-order valence-corrected chi connectivity index (χ2v) is 10.2. The second-order valence-electron chi connectivity index (χ2n) is 7.59. The lowest BCUT2D eigenvalue weighted by Crippen LogP contribution is -2.27. The summed E-state index contributed by atoms with van der Waals surface area (Å²) in [4.78, 5) is 10.7. The van der Waals surface area contributed by atoms with Crippen molar-refractivity contribution in [1.29, 1.82) is 0 Å². The molecule has 0 radical (unpaired) electrons. The maximum Gasteiger partial charge on any atom is 0.238 e. The Morgan fingerprint density at radius 3 is 2.85 bits per heavy atom. The molecule has 1 aliphatic heterocycles. The number of pyridine rings is 2. The van der Waals surface area contributed by atoms with Gasteiger partial charge >= 0.3 is 0 Å². The van der Waals surface area contributed by atoms with Crippen LogP contribution in [0.4, 0.5) is 0 Å². The highest BCUT2D eigenvalue weighted by molar-refractivity contribution is 7.89. The van der Waals surface area contributed by atoms with Gasteiger partial charge in [0.05, 0.1) is 30.7 Å². The molecule has 170 valence electrons. The summed E-state index contributed by atoms with van der Waals surface area (Å²) in [5.41, 5.74) is 0.939. The summed E-state index contributed by atoms with van der Waals surface area (Å²) < 4.78 is 41.4. The van der Waals surface area contributed by atoms with Gasteiger partial charge in [-0.25, -0.2) is 18.5 Å². The Hall–Kier alpha value is -3.21. The van der Waals surface area contributed by atoms with Gasteiger partial charge in [-0.05, 0) is 30.3 Å². The highest BCUT2D eigenvalue weighted by Crippen LogP contribution is 2.43. The molecule has 5 rings (SSSR count). The molecule has 2 atom stereocenters. The first-order chi connectivity index (χ1) is 15.9. The number of methoxy groups -OCH3 is 1. The largest absolute Gasteiger partial charge is 0.495 e. The number of hydrogen-bond donors (Lipinski definition) is 1. The van der Waals surface area contributed by atoms with Gasteiger partial charge in [0.2, 0.25) is 10.0 Å². The third-order valence-corrected chi connectivity index (χ3v) is 7.60. The van der Waals surface area contributed by atoms with Gasteiger partial charge in [0.1, 0.15) is 16.7 Å². The van der Waals surface area contributed by atoms with Crippen LogP contribution in [0.15, 0.2) is 66.0 Å². The summed E-state index contributed by atoms with van der Waals surface area (Å²) in [7, 11) is -2.24. The van der Waals surface area contributed by atoms with Gasteiger partial charge in [0.25, 0.3) is 0 Å². The first kappa shape index (κ1) is 21.6. The number of rotatable bonds is 5. The molecule has 8 nitrogen and oxygen atoms in total. The molecule has 4 aromatic rings. The molecule has 4 heterocycles. The molecule has 0 amide bonds. The zero-order valence-electron chi connectivity index (χ0n) is 17.7. The number of aromatic nitrogens is 2. The van der Waals surface area contributed by atoms with Gasteiger partial charge in [-0.3, -0.25) is 4.98 Å². The number of thiophene rings is 1. The van der Waals surface area contributed by atoms with E-state index in [1.807, 2.05) is 18.2 Å².